The first-order chi connectivity index (χ1) is 9.93. The van der Waals surface area contributed by atoms with Crippen LogP contribution in [0.4, 0.5) is 8.78 Å². The van der Waals surface area contributed by atoms with Crippen LogP contribution in [0.5, 0.6) is 0 Å². The molecule has 1 amide bonds. The molecule has 0 radical (unpaired) electrons. The lowest BCUT2D eigenvalue weighted by Crippen LogP contribution is -2.21. The first-order valence-corrected chi connectivity index (χ1v) is 6.62. The number of hydrogen-bond acceptors (Lipinski definition) is 2. The maximum absolute atomic E-state index is 12.7. The molecular weight excluding hydrogens is 276 g/mol. The Morgan fingerprint density at radius 1 is 1.29 bits per heavy atom. The number of carbonyl (C=O) groups excluding carboxylic acids is 1. The molecule has 0 aliphatic carbocycles. The molecule has 1 aromatic carbocycles. The molecule has 0 saturated heterocycles. The van der Waals surface area contributed by atoms with Crippen molar-refractivity contribution >= 4 is 5.91 Å². The van der Waals surface area contributed by atoms with Crippen molar-refractivity contribution in [3.05, 3.63) is 41.6 Å². The second-order valence-corrected chi connectivity index (χ2v) is 4.85. The highest BCUT2D eigenvalue weighted by Crippen LogP contribution is 2.26. The van der Waals surface area contributed by atoms with Crippen LogP contribution in [0, 0.1) is 0 Å². The van der Waals surface area contributed by atoms with Gasteiger partial charge in [-0.25, -0.2) is 8.78 Å². The number of alkyl halides is 2. The van der Waals surface area contributed by atoms with Gasteiger partial charge >= 0.3 is 0 Å². The average molecular weight is 293 g/mol. The Labute approximate surface area is 122 Å². The Morgan fingerprint density at radius 2 is 1.90 bits per heavy atom. The molecule has 0 spiro atoms. The summed E-state index contributed by atoms with van der Waals surface area (Å²) >= 11 is 0. The zero-order valence-corrected chi connectivity index (χ0v) is 12.2. The molecule has 0 aliphatic rings. The number of amides is 1. The molecule has 0 atom stereocenters. The van der Waals surface area contributed by atoms with Crippen LogP contribution >= 0.6 is 0 Å². The van der Waals surface area contributed by atoms with E-state index in [0.29, 0.717) is 17.8 Å². The number of aryl methyl sites for hydroxylation is 1. The fourth-order valence-corrected chi connectivity index (χ4v) is 2.06. The zero-order chi connectivity index (χ0) is 15.6. The van der Waals surface area contributed by atoms with E-state index in [2.05, 4.69) is 5.10 Å². The van der Waals surface area contributed by atoms with Crippen LogP contribution in [0.2, 0.25) is 0 Å². The van der Waals surface area contributed by atoms with Crippen LogP contribution in [0.1, 0.15) is 29.4 Å². The predicted octanol–water partition coefficient (Wildman–Crippen LogP) is 3.21. The average Bonchev–Trinajstić information content (AvgIpc) is 2.91. The lowest BCUT2D eigenvalue weighted by molar-refractivity contribution is 0.0827. The highest BCUT2D eigenvalue weighted by molar-refractivity contribution is 5.94. The first kappa shape index (κ1) is 15.2. The Balaban J connectivity index is 2.36. The summed E-state index contributed by atoms with van der Waals surface area (Å²) in [6.07, 6.45) is -2.59. The van der Waals surface area contributed by atoms with Gasteiger partial charge in [-0.1, -0.05) is 12.1 Å². The van der Waals surface area contributed by atoms with E-state index in [1.807, 2.05) is 6.92 Å². The van der Waals surface area contributed by atoms with Crippen LogP contribution in [0.3, 0.4) is 0 Å². The van der Waals surface area contributed by atoms with E-state index >= 15 is 0 Å². The van der Waals surface area contributed by atoms with Crippen molar-refractivity contribution in [3.8, 4) is 11.3 Å². The molecule has 112 valence electrons. The maximum Gasteiger partial charge on any atom is 0.282 e. The third kappa shape index (κ3) is 3.09. The van der Waals surface area contributed by atoms with Gasteiger partial charge in [0.05, 0.1) is 5.69 Å². The molecule has 0 fully saturated rings. The fourth-order valence-electron chi connectivity index (χ4n) is 2.06. The first-order valence-electron chi connectivity index (χ1n) is 6.62. The maximum atomic E-state index is 12.7. The molecule has 2 rings (SSSR count). The third-order valence-corrected chi connectivity index (χ3v) is 3.16. The smallest absolute Gasteiger partial charge is 0.282 e. The number of aromatic nitrogens is 2. The van der Waals surface area contributed by atoms with Crippen LogP contribution in [-0.2, 0) is 6.54 Å². The summed E-state index contributed by atoms with van der Waals surface area (Å²) in [6, 6.07) is 8.25. The van der Waals surface area contributed by atoms with Gasteiger partial charge in [-0.05, 0) is 30.7 Å². The van der Waals surface area contributed by atoms with Gasteiger partial charge in [0.15, 0.2) is 0 Å². The van der Waals surface area contributed by atoms with E-state index in [9.17, 15) is 13.6 Å². The summed E-state index contributed by atoms with van der Waals surface area (Å²) in [5.41, 5.74) is 1.70. The standard InChI is InChI=1S/C15H17F2N3O/c1-4-20-13(9-12(18-20)14(16)17)10-5-7-11(8-6-10)15(21)19(2)3/h5-9,14H,4H2,1-3H3. The number of rotatable bonds is 4. The molecule has 21 heavy (non-hydrogen) atoms. The van der Waals surface area contributed by atoms with E-state index in [0.717, 1.165) is 5.56 Å². The number of carbonyl (C=O) groups is 1. The Kier molecular flexibility index (Phi) is 4.35. The third-order valence-electron chi connectivity index (χ3n) is 3.16. The summed E-state index contributed by atoms with van der Waals surface area (Å²) in [4.78, 5) is 13.3. The molecule has 1 heterocycles. The van der Waals surface area contributed by atoms with Crippen LogP contribution in [-0.4, -0.2) is 34.7 Å². The highest BCUT2D eigenvalue weighted by atomic mass is 19.3. The van der Waals surface area contributed by atoms with Crippen molar-refractivity contribution in [2.75, 3.05) is 14.1 Å². The predicted molar refractivity (Wildman–Crippen MR) is 76.3 cm³/mol. The molecule has 0 aliphatic heterocycles. The number of halogens is 2. The zero-order valence-electron chi connectivity index (χ0n) is 12.2. The van der Waals surface area contributed by atoms with Crippen molar-refractivity contribution < 1.29 is 13.6 Å². The van der Waals surface area contributed by atoms with Gasteiger partial charge in [0, 0.05) is 26.2 Å². The summed E-state index contributed by atoms with van der Waals surface area (Å²) in [5, 5.41) is 3.88. The van der Waals surface area contributed by atoms with E-state index in [1.165, 1.54) is 15.6 Å². The van der Waals surface area contributed by atoms with Crippen LogP contribution in [0.25, 0.3) is 11.3 Å². The summed E-state index contributed by atoms with van der Waals surface area (Å²) < 4.78 is 27.0. The minimum absolute atomic E-state index is 0.0983. The van der Waals surface area contributed by atoms with Gasteiger partial charge in [0.1, 0.15) is 5.69 Å². The quantitative estimate of drug-likeness (QED) is 0.868. The van der Waals surface area contributed by atoms with Gasteiger partial charge in [-0.2, -0.15) is 5.10 Å². The Bertz CT molecular complexity index is 633. The molecular formula is C15H17F2N3O. The normalized spacial score (nSPS) is 11.0. The van der Waals surface area contributed by atoms with E-state index in [4.69, 9.17) is 0 Å². The lowest BCUT2D eigenvalue weighted by atomic mass is 10.1. The molecule has 1 aromatic heterocycles. The van der Waals surface area contributed by atoms with Gasteiger partial charge in [-0.15, -0.1) is 0 Å². The summed E-state index contributed by atoms with van der Waals surface area (Å²) in [6.45, 7) is 2.34. The van der Waals surface area contributed by atoms with Gasteiger partial charge in [0.2, 0.25) is 0 Å². The van der Waals surface area contributed by atoms with Gasteiger partial charge < -0.3 is 4.90 Å². The molecule has 0 N–H and O–H groups in total. The minimum Gasteiger partial charge on any atom is -0.345 e. The van der Waals surface area contributed by atoms with Crippen molar-refractivity contribution in [3.63, 3.8) is 0 Å². The second kappa shape index (κ2) is 6.03. The van der Waals surface area contributed by atoms with Gasteiger partial charge in [-0.3, -0.25) is 9.48 Å². The SMILES string of the molecule is CCn1nc(C(F)F)cc1-c1ccc(C(=O)N(C)C)cc1. The topological polar surface area (TPSA) is 38.1 Å². The number of nitrogens with zero attached hydrogens (tertiary/aromatic N) is 3. The molecule has 0 unspecified atom stereocenters. The lowest BCUT2D eigenvalue weighted by Gasteiger charge is -2.10. The van der Waals surface area contributed by atoms with E-state index < -0.39 is 6.43 Å². The monoisotopic (exact) mass is 293 g/mol. The van der Waals surface area contributed by atoms with E-state index in [1.54, 1.807) is 38.4 Å². The van der Waals surface area contributed by atoms with Crippen molar-refractivity contribution in [1.29, 1.82) is 0 Å². The molecule has 2 aromatic rings. The van der Waals surface area contributed by atoms with Crippen molar-refractivity contribution in [2.24, 2.45) is 0 Å². The molecule has 0 bridgehead atoms. The molecule has 4 nitrogen and oxygen atoms in total. The van der Waals surface area contributed by atoms with Crippen LogP contribution in [0.15, 0.2) is 30.3 Å². The summed E-state index contributed by atoms with van der Waals surface area (Å²) in [5.74, 6) is -0.0983. The minimum atomic E-state index is -2.59. The largest absolute Gasteiger partial charge is 0.345 e. The number of benzene rings is 1. The molecule has 0 saturated carbocycles. The van der Waals surface area contributed by atoms with Crippen molar-refractivity contribution in [2.45, 2.75) is 19.9 Å². The fraction of sp³-hybridized carbons (Fsp3) is 0.333. The van der Waals surface area contributed by atoms with E-state index in [-0.39, 0.29) is 11.6 Å². The Morgan fingerprint density at radius 3 is 2.38 bits per heavy atom. The van der Waals surface area contributed by atoms with Gasteiger partial charge in [0.25, 0.3) is 12.3 Å². The Hall–Kier alpha value is -2.24. The molecule has 6 heteroatoms. The van der Waals surface area contributed by atoms with Crippen molar-refractivity contribution in [1.82, 2.24) is 14.7 Å². The second-order valence-electron chi connectivity index (χ2n) is 4.85. The van der Waals surface area contributed by atoms with Crippen LogP contribution < -0.4 is 0 Å². The highest BCUT2D eigenvalue weighted by Gasteiger charge is 2.16. The summed E-state index contributed by atoms with van der Waals surface area (Å²) in [7, 11) is 3.36. The number of hydrogen-bond donors (Lipinski definition) is 0.